The van der Waals surface area contributed by atoms with Gasteiger partial charge >= 0.3 is 0 Å². The summed E-state index contributed by atoms with van der Waals surface area (Å²) in [5.74, 6) is 1.39. The van der Waals surface area contributed by atoms with E-state index in [2.05, 4.69) is 67.0 Å². The molecule has 27 heavy (non-hydrogen) atoms. The maximum Gasteiger partial charge on any atom is 0.253 e. The van der Waals surface area contributed by atoms with Crippen molar-refractivity contribution in [2.24, 2.45) is 5.92 Å². The van der Waals surface area contributed by atoms with Gasteiger partial charge in [-0.25, -0.2) is 0 Å². The van der Waals surface area contributed by atoms with E-state index < -0.39 is 0 Å². The van der Waals surface area contributed by atoms with Crippen LogP contribution in [0.25, 0.3) is 0 Å². The summed E-state index contributed by atoms with van der Waals surface area (Å²) in [6.07, 6.45) is 5.68. The molecule has 1 aliphatic heterocycles. The van der Waals surface area contributed by atoms with Gasteiger partial charge in [-0.1, -0.05) is 62.4 Å². The van der Waals surface area contributed by atoms with Crippen molar-refractivity contribution in [2.75, 3.05) is 11.9 Å². The van der Waals surface area contributed by atoms with E-state index in [1.54, 1.807) is 0 Å². The molecule has 1 amide bonds. The Bertz CT molecular complexity index is 866. The minimum atomic E-state index is -0.00353. The van der Waals surface area contributed by atoms with Crippen molar-refractivity contribution in [1.29, 1.82) is 0 Å². The lowest BCUT2D eigenvalue weighted by atomic mass is 9.76. The molecule has 4 rings (SSSR count). The monoisotopic (exact) mass is 360 g/mol. The van der Waals surface area contributed by atoms with Gasteiger partial charge in [0.2, 0.25) is 0 Å². The molecule has 0 aromatic heterocycles. The van der Waals surface area contributed by atoms with Crippen molar-refractivity contribution in [3.63, 3.8) is 0 Å². The third kappa shape index (κ3) is 3.16. The van der Waals surface area contributed by atoms with Crippen LogP contribution in [0, 0.1) is 5.92 Å². The number of anilines is 1. The van der Waals surface area contributed by atoms with Crippen LogP contribution in [-0.4, -0.2) is 12.5 Å². The lowest BCUT2D eigenvalue weighted by Crippen LogP contribution is -2.32. The molecule has 0 fully saturated rings. The maximum atomic E-state index is 12.6. The second-order valence-corrected chi connectivity index (χ2v) is 7.93. The molecule has 3 nitrogen and oxygen atoms in total. The predicted octanol–water partition coefficient (Wildman–Crippen LogP) is 5.39. The van der Waals surface area contributed by atoms with Crippen LogP contribution in [-0.2, 0) is 0 Å². The fourth-order valence-corrected chi connectivity index (χ4v) is 4.48. The van der Waals surface area contributed by atoms with Gasteiger partial charge in [-0.15, -0.1) is 0 Å². The van der Waals surface area contributed by atoms with Gasteiger partial charge in [-0.05, 0) is 47.9 Å². The fraction of sp³-hybridized carbons (Fsp3) is 0.375. The highest BCUT2D eigenvalue weighted by molar-refractivity contribution is 6.00. The molecule has 0 saturated heterocycles. The van der Waals surface area contributed by atoms with Crippen molar-refractivity contribution >= 4 is 11.6 Å². The molecule has 0 spiro atoms. The van der Waals surface area contributed by atoms with Crippen LogP contribution in [0.5, 0.6) is 0 Å². The molecule has 0 saturated carbocycles. The second kappa shape index (κ2) is 7.22. The molecular weight excluding hydrogens is 332 g/mol. The summed E-state index contributed by atoms with van der Waals surface area (Å²) < 4.78 is 0. The number of benzene rings is 2. The molecule has 0 radical (unpaired) electrons. The number of hydrogen-bond donors (Lipinski definition) is 2. The van der Waals surface area contributed by atoms with Crippen molar-refractivity contribution in [3.05, 3.63) is 76.9 Å². The Hall–Kier alpha value is -2.55. The third-order valence-corrected chi connectivity index (χ3v) is 5.94. The molecule has 1 heterocycles. The van der Waals surface area contributed by atoms with E-state index in [4.69, 9.17) is 0 Å². The lowest BCUT2D eigenvalue weighted by Gasteiger charge is -2.38. The van der Waals surface area contributed by atoms with E-state index in [1.807, 2.05) is 19.1 Å². The fourth-order valence-electron chi connectivity index (χ4n) is 4.48. The largest absolute Gasteiger partial charge is 0.377 e. The molecule has 0 bridgehead atoms. The highest BCUT2D eigenvalue weighted by Gasteiger charge is 2.39. The molecule has 1 aliphatic carbocycles. The smallest absolute Gasteiger partial charge is 0.253 e. The summed E-state index contributed by atoms with van der Waals surface area (Å²) >= 11 is 0. The van der Waals surface area contributed by atoms with Gasteiger partial charge in [0.05, 0.1) is 17.3 Å². The quantitative estimate of drug-likeness (QED) is 0.718. The van der Waals surface area contributed by atoms with Crippen molar-refractivity contribution < 1.29 is 4.79 Å². The molecular formula is C24H28N2O. The van der Waals surface area contributed by atoms with Crippen LogP contribution in [0.4, 0.5) is 5.69 Å². The Morgan fingerprint density at radius 1 is 1.19 bits per heavy atom. The lowest BCUT2D eigenvalue weighted by molar-refractivity contribution is 0.0956. The average Bonchev–Trinajstić information content (AvgIpc) is 3.17. The Kier molecular flexibility index (Phi) is 4.77. The van der Waals surface area contributed by atoms with Crippen LogP contribution in [0.3, 0.4) is 0 Å². The Labute approximate surface area is 161 Å². The van der Waals surface area contributed by atoms with Gasteiger partial charge < -0.3 is 10.6 Å². The first-order valence-electron chi connectivity index (χ1n) is 10.0. The Morgan fingerprint density at radius 3 is 2.67 bits per heavy atom. The summed E-state index contributed by atoms with van der Waals surface area (Å²) in [6.45, 7) is 7.03. The highest BCUT2D eigenvalue weighted by Crippen LogP contribution is 2.50. The molecule has 2 aromatic carbocycles. The van der Waals surface area contributed by atoms with E-state index in [-0.39, 0.29) is 11.9 Å². The van der Waals surface area contributed by atoms with E-state index >= 15 is 0 Å². The van der Waals surface area contributed by atoms with Gasteiger partial charge in [0, 0.05) is 12.5 Å². The Morgan fingerprint density at radius 2 is 1.96 bits per heavy atom. The number of nitrogens with one attached hydrogen (secondary N) is 2. The van der Waals surface area contributed by atoms with Gasteiger partial charge in [0.1, 0.15) is 0 Å². The summed E-state index contributed by atoms with van der Waals surface area (Å²) in [4.78, 5) is 12.6. The molecule has 140 valence electrons. The molecule has 2 aromatic rings. The summed E-state index contributed by atoms with van der Waals surface area (Å²) in [7, 11) is 0. The first kappa shape index (κ1) is 17.8. The zero-order valence-corrected chi connectivity index (χ0v) is 16.3. The molecule has 2 aliphatic rings. The zero-order valence-electron chi connectivity index (χ0n) is 16.3. The number of hydrogen-bond acceptors (Lipinski definition) is 2. The van der Waals surface area contributed by atoms with Crippen LogP contribution < -0.4 is 10.6 Å². The highest BCUT2D eigenvalue weighted by atomic mass is 16.1. The SMILES string of the molecule is CCNC(=O)c1cccc2c1NC(c1ccc(C(C)C)cc1)C1CC=CC21. The minimum Gasteiger partial charge on any atom is -0.377 e. The summed E-state index contributed by atoms with van der Waals surface area (Å²) in [6, 6.07) is 15.3. The normalized spacial score (nSPS) is 22.9. The van der Waals surface area contributed by atoms with Crippen LogP contribution in [0.1, 0.15) is 72.1 Å². The summed E-state index contributed by atoms with van der Waals surface area (Å²) in [5, 5.41) is 6.69. The molecule has 3 heteroatoms. The minimum absolute atomic E-state index is 0.00353. The number of carbonyl (C=O) groups is 1. The number of amides is 1. The topological polar surface area (TPSA) is 41.1 Å². The van der Waals surface area contributed by atoms with Gasteiger partial charge in [0.15, 0.2) is 0 Å². The molecule has 2 N–H and O–H groups in total. The van der Waals surface area contributed by atoms with Crippen molar-refractivity contribution in [1.82, 2.24) is 5.32 Å². The van der Waals surface area contributed by atoms with Crippen LogP contribution in [0.15, 0.2) is 54.6 Å². The number of rotatable bonds is 4. The zero-order chi connectivity index (χ0) is 19.0. The number of para-hydroxylation sites is 1. The second-order valence-electron chi connectivity index (χ2n) is 7.93. The van der Waals surface area contributed by atoms with Gasteiger partial charge in [-0.2, -0.15) is 0 Å². The third-order valence-electron chi connectivity index (χ3n) is 5.94. The van der Waals surface area contributed by atoms with E-state index in [9.17, 15) is 4.79 Å². The average molecular weight is 361 g/mol. The van der Waals surface area contributed by atoms with Gasteiger partial charge in [0.25, 0.3) is 5.91 Å². The van der Waals surface area contributed by atoms with Crippen molar-refractivity contribution in [2.45, 2.75) is 45.1 Å². The van der Waals surface area contributed by atoms with Gasteiger partial charge in [-0.3, -0.25) is 4.79 Å². The van der Waals surface area contributed by atoms with E-state index in [0.717, 1.165) is 17.7 Å². The summed E-state index contributed by atoms with van der Waals surface area (Å²) in [5.41, 5.74) is 5.65. The van der Waals surface area contributed by atoms with Crippen LogP contribution >= 0.6 is 0 Å². The first-order valence-corrected chi connectivity index (χ1v) is 10.0. The van der Waals surface area contributed by atoms with E-state index in [0.29, 0.717) is 24.3 Å². The first-order chi connectivity index (χ1) is 13.1. The number of carbonyl (C=O) groups excluding carboxylic acids is 1. The number of fused-ring (bicyclic) bond motifs is 3. The molecule has 3 atom stereocenters. The standard InChI is InChI=1S/C24H28N2O/c1-4-25-24(27)21-10-6-9-20-18-7-5-8-19(18)22(26-23(20)21)17-13-11-16(12-14-17)15(2)3/h5-7,9-15,18-19,22,26H,4,8H2,1-3H3,(H,25,27). The number of allylic oxidation sites excluding steroid dienone is 2. The molecule has 3 unspecified atom stereocenters. The Balaban J connectivity index is 1.74. The maximum absolute atomic E-state index is 12.6. The van der Waals surface area contributed by atoms with Crippen LogP contribution in [0.2, 0.25) is 0 Å². The predicted molar refractivity (Wildman–Crippen MR) is 111 cm³/mol. The van der Waals surface area contributed by atoms with E-state index in [1.165, 1.54) is 16.7 Å². The van der Waals surface area contributed by atoms with Crippen molar-refractivity contribution in [3.8, 4) is 0 Å².